The van der Waals surface area contributed by atoms with Gasteiger partial charge in [-0.05, 0) is 12.1 Å². The van der Waals surface area contributed by atoms with Crippen LogP contribution in [-0.2, 0) is 0 Å². The SMILES string of the molecule is C[Si](C)(C)c1cnc(C=Cc2cnc(Nc3ccncn3)s2)o1. The Balaban J connectivity index is 1.68. The van der Waals surface area contributed by atoms with Gasteiger partial charge in [-0.3, -0.25) is 0 Å². The zero-order valence-corrected chi connectivity index (χ0v) is 15.0. The van der Waals surface area contributed by atoms with Crippen LogP contribution in [0, 0.1) is 0 Å². The maximum atomic E-state index is 5.79. The number of aromatic nitrogens is 4. The summed E-state index contributed by atoms with van der Waals surface area (Å²) in [7, 11) is -1.45. The van der Waals surface area contributed by atoms with Crippen LogP contribution in [-0.4, -0.2) is 28.0 Å². The van der Waals surface area contributed by atoms with Crippen LogP contribution in [0.1, 0.15) is 10.8 Å². The molecule has 6 nitrogen and oxygen atoms in total. The quantitative estimate of drug-likeness (QED) is 0.716. The molecule has 0 atom stereocenters. The topological polar surface area (TPSA) is 76.7 Å². The molecule has 0 aliphatic heterocycles. The van der Waals surface area contributed by atoms with Crippen LogP contribution in [0.2, 0.25) is 19.6 Å². The maximum absolute atomic E-state index is 5.79. The third-order valence-electron chi connectivity index (χ3n) is 2.99. The van der Waals surface area contributed by atoms with Crippen molar-refractivity contribution in [2.75, 3.05) is 5.32 Å². The molecule has 118 valence electrons. The van der Waals surface area contributed by atoms with E-state index < -0.39 is 8.07 Å². The number of nitrogens with one attached hydrogen (secondary N) is 1. The van der Waals surface area contributed by atoms with Gasteiger partial charge in [-0.1, -0.05) is 31.0 Å². The zero-order chi connectivity index (χ0) is 16.3. The number of hydrogen-bond donors (Lipinski definition) is 1. The smallest absolute Gasteiger partial charge is 0.218 e. The average molecular weight is 343 g/mol. The second-order valence-corrected chi connectivity index (χ2v) is 12.0. The Morgan fingerprint density at radius 1 is 1.13 bits per heavy atom. The summed E-state index contributed by atoms with van der Waals surface area (Å²) in [4.78, 5) is 17.6. The molecule has 3 rings (SSSR count). The third-order valence-corrected chi connectivity index (χ3v) is 5.58. The van der Waals surface area contributed by atoms with Crippen molar-refractivity contribution in [3.8, 4) is 0 Å². The number of oxazole rings is 1. The molecule has 3 aromatic rings. The molecule has 0 saturated carbocycles. The lowest BCUT2D eigenvalue weighted by molar-refractivity contribution is 0.574. The molecule has 0 aliphatic rings. The molecular weight excluding hydrogens is 326 g/mol. The van der Waals surface area contributed by atoms with Gasteiger partial charge >= 0.3 is 0 Å². The third kappa shape index (κ3) is 4.11. The first-order chi connectivity index (χ1) is 11.0. The van der Waals surface area contributed by atoms with E-state index in [1.165, 1.54) is 17.7 Å². The van der Waals surface area contributed by atoms with E-state index in [1.54, 1.807) is 18.5 Å². The average Bonchev–Trinajstić information content (AvgIpc) is 3.15. The molecular formula is C15H17N5OSSi. The van der Waals surface area contributed by atoms with Gasteiger partial charge in [-0.15, -0.1) is 0 Å². The molecule has 0 spiro atoms. The molecule has 0 fully saturated rings. The summed E-state index contributed by atoms with van der Waals surface area (Å²) in [5.41, 5.74) is 0. The standard InChI is InChI=1S/C15H17N5OSSi/c1-23(2,3)14-9-17-13(21-14)5-4-11-8-18-15(22-11)20-12-6-7-16-10-19-12/h4-10H,1-3H3,(H,16,18,19,20). The predicted octanol–water partition coefficient (Wildman–Crippen LogP) is 3.38. The molecule has 3 heterocycles. The molecule has 0 aliphatic carbocycles. The highest BCUT2D eigenvalue weighted by Crippen LogP contribution is 2.22. The molecule has 23 heavy (non-hydrogen) atoms. The summed E-state index contributed by atoms with van der Waals surface area (Å²) in [5, 5.41) is 4.92. The molecule has 0 aromatic carbocycles. The van der Waals surface area contributed by atoms with Crippen LogP contribution >= 0.6 is 11.3 Å². The van der Waals surface area contributed by atoms with Crippen molar-refractivity contribution in [1.29, 1.82) is 0 Å². The van der Waals surface area contributed by atoms with E-state index in [1.807, 2.05) is 18.3 Å². The van der Waals surface area contributed by atoms with Crippen molar-refractivity contribution in [1.82, 2.24) is 19.9 Å². The second kappa shape index (κ2) is 6.43. The summed E-state index contributed by atoms with van der Waals surface area (Å²) in [5.74, 6) is 1.35. The van der Waals surface area contributed by atoms with Gasteiger partial charge in [-0.2, -0.15) is 0 Å². The van der Waals surface area contributed by atoms with Crippen LogP contribution in [0.4, 0.5) is 10.9 Å². The maximum Gasteiger partial charge on any atom is 0.218 e. The fourth-order valence-electron chi connectivity index (χ4n) is 1.76. The van der Waals surface area contributed by atoms with Crippen LogP contribution in [0.25, 0.3) is 12.2 Å². The van der Waals surface area contributed by atoms with Crippen LogP contribution in [0.5, 0.6) is 0 Å². The number of hydrogen-bond acceptors (Lipinski definition) is 7. The number of thiazole rings is 1. The lowest BCUT2D eigenvalue weighted by Crippen LogP contribution is -2.36. The first kappa shape index (κ1) is 15.6. The van der Waals surface area contributed by atoms with Crippen molar-refractivity contribution < 1.29 is 4.42 Å². The Hall–Kier alpha value is -2.32. The Kier molecular flexibility index (Phi) is 4.35. The fourth-order valence-corrected chi connectivity index (χ4v) is 3.35. The lowest BCUT2D eigenvalue weighted by atomic mass is 10.4. The van der Waals surface area contributed by atoms with E-state index in [4.69, 9.17) is 4.42 Å². The van der Waals surface area contributed by atoms with E-state index >= 15 is 0 Å². The van der Waals surface area contributed by atoms with Crippen LogP contribution in [0.3, 0.4) is 0 Å². The van der Waals surface area contributed by atoms with Gasteiger partial charge in [-0.25, -0.2) is 19.9 Å². The highest BCUT2D eigenvalue weighted by Gasteiger charge is 2.21. The number of anilines is 2. The zero-order valence-electron chi connectivity index (χ0n) is 13.1. The molecule has 0 amide bonds. The Labute approximate surface area is 139 Å². The minimum Gasteiger partial charge on any atom is -0.447 e. The van der Waals surface area contributed by atoms with Gasteiger partial charge in [0, 0.05) is 23.3 Å². The summed E-state index contributed by atoms with van der Waals surface area (Å²) < 4.78 is 5.79. The van der Waals surface area contributed by atoms with Gasteiger partial charge in [0.2, 0.25) is 5.89 Å². The normalized spacial score (nSPS) is 12.0. The summed E-state index contributed by atoms with van der Waals surface area (Å²) in [6.07, 6.45) is 10.6. The summed E-state index contributed by atoms with van der Waals surface area (Å²) >= 11 is 1.53. The minimum absolute atomic E-state index is 0.626. The molecule has 8 heteroatoms. The summed E-state index contributed by atoms with van der Waals surface area (Å²) in [6.45, 7) is 6.69. The van der Waals surface area contributed by atoms with Crippen molar-refractivity contribution >= 4 is 47.9 Å². The van der Waals surface area contributed by atoms with E-state index in [0.717, 1.165) is 21.2 Å². The van der Waals surface area contributed by atoms with Gasteiger partial charge in [0.15, 0.2) is 5.13 Å². The highest BCUT2D eigenvalue weighted by atomic mass is 32.1. The predicted molar refractivity (Wildman–Crippen MR) is 95.8 cm³/mol. The Morgan fingerprint density at radius 3 is 2.70 bits per heavy atom. The van der Waals surface area contributed by atoms with Crippen molar-refractivity contribution in [2.24, 2.45) is 0 Å². The lowest BCUT2D eigenvalue weighted by Gasteiger charge is -2.09. The first-order valence-corrected chi connectivity index (χ1v) is 11.5. The van der Waals surface area contributed by atoms with Crippen molar-refractivity contribution in [3.63, 3.8) is 0 Å². The van der Waals surface area contributed by atoms with Crippen LogP contribution in [0.15, 0.2) is 35.4 Å². The fraction of sp³-hybridized carbons (Fsp3) is 0.200. The molecule has 1 N–H and O–H groups in total. The van der Waals surface area contributed by atoms with E-state index in [0.29, 0.717) is 5.89 Å². The molecule has 0 unspecified atom stereocenters. The molecule has 0 radical (unpaired) electrons. The van der Waals surface area contributed by atoms with Crippen molar-refractivity contribution in [3.05, 3.63) is 41.8 Å². The van der Waals surface area contributed by atoms with E-state index in [9.17, 15) is 0 Å². The van der Waals surface area contributed by atoms with Gasteiger partial charge in [0.05, 0.1) is 6.20 Å². The van der Waals surface area contributed by atoms with Crippen molar-refractivity contribution in [2.45, 2.75) is 19.6 Å². The monoisotopic (exact) mass is 343 g/mol. The minimum atomic E-state index is -1.45. The second-order valence-electron chi connectivity index (χ2n) is 5.93. The van der Waals surface area contributed by atoms with Gasteiger partial charge < -0.3 is 9.73 Å². The van der Waals surface area contributed by atoms with Crippen LogP contribution < -0.4 is 10.7 Å². The molecule has 0 saturated heterocycles. The Bertz CT molecular complexity index is 807. The summed E-state index contributed by atoms with van der Waals surface area (Å²) in [6, 6.07) is 1.79. The number of nitrogens with zero attached hydrogens (tertiary/aromatic N) is 4. The molecule has 0 bridgehead atoms. The van der Waals surface area contributed by atoms with Gasteiger partial charge in [0.1, 0.15) is 25.6 Å². The Morgan fingerprint density at radius 2 is 2.00 bits per heavy atom. The molecule has 3 aromatic heterocycles. The van der Waals surface area contributed by atoms with E-state index in [-0.39, 0.29) is 0 Å². The first-order valence-electron chi connectivity index (χ1n) is 7.14. The largest absolute Gasteiger partial charge is 0.447 e. The van der Waals surface area contributed by atoms with E-state index in [2.05, 4.69) is 44.9 Å². The number of rotatable bonds is 5. The highest BCUT2D eigenvalue weighted by molar-refractivity contribution is 7.16. The van der Waals surface area contributed by atoms with Gasteiger partial charge in [0.25, 0.3) is 0 Å².